The average Bonchev–Trinajstić information content (AvgIpc) is 2.34. The molecule has 0 N–H and O–H groups in total. The number of hydrogen-bond donors (Lipinski definition) is 0. The zero-order chi connectivity index (χ0) is 11.3. The highest BCUT2D eigenvalue weighted by molar-refractivity contribution is 5.47. The molecule has 1 aliphatic rings. The monoisotopic (exact) mass is 206 g/mol. The van der Waals surface area contributed by atoms with E-state index in [1.54, 1.807) is 0 Å². The predicted octanol–water partition coefficient (Wildman–Crippen LogP) is 3.49. The van der Waals surface area contributed by atoms with E-state index in [2.05, 4.69) is 32.9 Å². The molecule has 0 fully saturated rings. The summed E-state index contributed by atoms with van der Waals surface area (Å²) in [4.78, 5) is 0. The summed E-state index contributed by atoms with van der Waals surface area (Å²) in [7, 11) is 0. The van der Waals surface area contributed by atoms with Crippen molar-refractivity contribution in [2.24, 2.45) is 0 Å². The Morgan fingerprint density at radius 3 is 2.20 bits per heavy atom. The van der Waals surface area contributed by atoms with Crippen molar-refractivity contribution < 1.29 is 9.47 Å². The van der Waals surface area contributed by atoms with E-state index in [0.29, 0.717) is 0 Å². The fourth-order valence-corrected chi connectivity index (χ4v) is 1.69. The maximum atomic E-state index is 5.71. The van der Waals surface area contributed by atoms with E-state index in [1.807, 2.05) is 19.9 Å². The quantitative estimate of drug-likeness (QED) is 0.647. The molecule has 2 heteroatoms. The number of rotatable bonds is 0. The third-order valence-corrected chi connectivity index (χ3v) is 2.52. The first kappa shape index (κ1) is 10.3. The first-order chi connectivity index (χ1) is 6.78. The van der Waals surface area contributed by atoms with Gasteiger partial charge in [-0.05, 0) is 23.1 Å². The van der Waals surface area contributed by atoms with Crippen molar-refractivity contribution in [3.63, 3.8) is 0 Å². The molecule has 2 nitrogen and oxygen atoms in total. The van der Waals surface area contributed by atoms with Crippen LogP contribution in [0, 0.1) is 0 Å². The smallest absolute Gasteiger partial charge is 0.246 e. The second kappa shape index (κ2) is 2.91. The van der Waals surface area contributed by atoms with Crippen LogP contribution in [0.3, 0.4) is 0 Å². The summed E-state index contributed by atoms with van der Waals surface area (Å²) in [5.41, 5.74) is 1.41. The highest BCUT2D eigenvalue weighted by Crippen LogP contribution is 2.41. The lowest BCUT2D eigenvalue weighted by Crippen LogP contribution is -2.29. The number of ether oxygens (including phenoxy) is 2. The summed E-state index contributed by atoms with van der Waals surface area (Å²) in [5.74, 6) is 1.17. The Hall–Kier alpha value is -1.18. The summed E-state index contributed by atoms with van der Waals surface area (Å²) in [6, 6.07) is 6.17. The van der Waals surface area contributed by atoms with E-state index in [1.165, 1.54) is 5.56 Å². The molecule has 0 bridgehead atoms. The summed E-state index contributed by atoms with van der Waals surface area (Å²) < 4.78 is 11.3. The van der Waals surface area contributed by atoms with Crippen molar-refractivity contribution in [1.29, 1.82) is 0 Å². The van der Waals surface area contributed by atoms with Crippen LogP contribution in [0.5, 0.6) is 11.5 Å². The van der Waals surface area contributed by atoms with Gasteiger partial charge in [-0.15, -0.1) is 0 Å². The topological polar surface area (TPSA) is 18.5 Å². The highest BCUT2D eigenvalue weighted by atomic mass is 16.7. The molecule has 2 rings (SSSR count). The Morgan fingerprint density at radius 1 is 1.00 bits per heavy atom. The van der Waals surface area contributed by atoms with E-state index in [-0.39, 0.29) is 5.41 Å². The third-order valence-electron chi connectivity index (χ3n) is 2.52. The second-order valence-electron chi connectivity index (χ2n) is 5.52. The van der Waals surface area contributed by atoms with Gasteiger partial charge in [0.25, 0.3) is 0 Å². The molecule has 0 aliphatic carbocycles. The summed E-state index contributed by atoms with van der Waals surface area (Å²) >= 11 is 0. The van der Waals surface area contributed by atoms with Crippen molar-refractivity contribution in [1.82, 2.24) is 0 Å². The normalized spacial score (nSPS) is 17.9. The van der Waals surface area contributed by atoms with Gasteiger partial charge in [-0.1, -0.05) is 26.8 Å². The van der Waals surface area contributed by atoms with Crippen molar-refractivity contribution in [3.05, 3.63) is 23.8 Å². The molecule has 0 saturated carbocycles. The third kappa shape index (κ3) is 1.94. The maximum absolute atomic E-state index is 5.71. The van der Waals surface area contributed by atoms with E-state index in [0.717, 1.165) is 11.5 Å². The molecule has 0 spiro atoms. The van der Waals surface area contributed by atoms with Gasteiger partial charge in [-0.3, -0.25) is 0 Å². The van der Waals surface area contributed by atoms with Gasteiger partial charge in [-0.2, -0.15) is 0 Å². The minimum Gasteiger partial charge on any atom is -0.449 e. The lowest BCUT2D eigenvalue weighted by molar-refractivity contribution is -0.0431. The Bertz CT molecular complexity index is 386. The van der Waals surface area contributed by atoms with Gasteiger partial charge in [0.1, 0.15) is 0 Å². The summed E-state index contributed by atoms with van der Waals surface area (Å²) in [6.07, 6.45) is 0. The van der Waals surface area contributed by atoms with E-state index in [4.69, 9.17) is 9.47 Å². The van der Waals surface area contributed by atoms with Crippen LogP contribution in [0.25, 0.3) is 0 Å². The van der Waals surface area contributed by atoms with Crippen molar-refractivity contribution >= 4 is 0 Å². The van der Waals surface area contributed by atoms with Gasteiger partial charge in [0.05, 0.1) is 0 Å². The lowest BCUT2D eigenvalue weighted by atomic mass is 9.87. The fourth-order valence-electron chi connectivity index (χ4n) is 1.69. The molecule has 1 heterocycles. The van der Waals surface area contributed by atoms with E-state index < -0.39 is 5.79 Å². The van der Waals surface area contributed by atoms with Gasteiger partial charge in [0, 0.05) is 13.8 Å². The molecule has 15 heavy (non-hydrogen) atoms. The SMILES string of the molecule is CC1(C)Oc2ccc(C(C)(C)C)cc2O1. The van der Waals surface area contributed by atoms with Crippen molar-refractivity contribution in [2.45, 2.75) is 45.8 Å². The minimum absolute atomic E-state index is 0.144. The van der Waals surface area contributed by atoms with E-state index >= 15 is 0 Å². The Balaban J connectivity index is 2.39. The molecule has 82 valence electrons. The number of fused-ring (bicyclic) bond motifs is 1. The second-order valence-corrected chi connectivity index (χ2v) is 5.52. The zero-order valence-corrected chi connectivity index (χ0v) is 10.0. The molecule has 1 aromatic carbocycles. The highest BCUT2D eigenvalue weighted by Gasteiger charge is 2.32. The van der Waals surface area contributed by atoms with Crippen LogP contribution in [0.4, 0.5) is 0 Å². The van der Waals surface area contributed by atoms with E-state index in [9.17, 15) is 0 Å². The molecule has 1 aliphatic heterocycles. The van der Waals surface area contributed by atoms with Gasteiger partial charge >= 0.3 is 0 Å². The Labute approximate surface area is 91.2 Å². The first-order valence-corrected chi connectivity index (χ1v) is 5.30. The zero-order valence-electron chi connectivity index (χ0n) is 10.0. The van der Waals surface area contributed by atoms with Gasteiger partial charge in [0.2, 0.25) is 5.79 Å². The summed E-state index contributed by atoms with van der Waals surface area (Å²) in [5, 5.41) is 0. The van der Waals surface area contributed by atoms with Gasteiger partial charge in [0.15, 0.2) is 11.5 Å². The Kier molecular flexibility index (Phi) is 2.00. The lowest BCUT2D eigenvalue weighted by Gasteiger charge is -2.19. The van der Waals surface area contributed by atoms with Crippen LogP contribution in [-0.2, 0) is 5.41 Å². The molecule has 0 aromatic heterocycles. The molecule has 1 aromatic rings. The van der Waals surface area contributed by atoms with Crippen LogP contribution < -0.4 is 9.47 Å². The molecule has 0 radical (unpaired) electrons. The molecule has 0 saturated heterocycles. The standard InChI is InChI=1S/C13H18O2/c1-12(2,3)9-6-7-10-11(8-9)15-13(4,5)14-10/h6-8H,1-5H3. The van der Waals surface area contributed by atoms with Gasteiger partial charge < -0.3 is 9.47 Å². The molecular formula is C13H18O2. The molecule has 0 unspecified atom stereocenters. The summed E-state index contributed by atoms with van der Waals surface area (Å²) in [6.45, 7) is 10.4. The van der Waals surface area contributed by atoms with Crippen molar-refractivity contribution in [3.8, 4) is 11.5 Å². The Morgan fingerprint density at radius 2 is 1.60 bits per heavy atom. The van der Waals surface area contributed by atoms with Crippen LogP contribution in [0.2, 0.25) is 0 Å². The number of benzene rings is 1. The average molecular weight is 206 g/mol. The fraction of sp³-hybridized carbons (Fsp3) is 0.538. The molecule has 0 atom stereocenters. The minimum atomic E-state index is -0.529. The van der Waals surface area contributed by atoms with Gasteiger partial charge in [-0.25, -0.2) is 0 Å². The molecule has 0 amide bonds. The molecular weight excluding hydrogens is 188 g/mol. The predicted molar refractivity (Wildman–Crippen MR) is 60.5 cm³/mol. The van der Waals surface area contributed by atoms with Crippen LogP contribution in [0.15, 0.2) is 18.2 Å². The van der Waals surface area contributed by atoms with Crippen LogP contribution in [-0.4, -0.2) is 5.79 Å². The van der Waals surface area contributed by atoms with Crippen LogP contribution in [0.1, 0.15) is 40.2 Å². The largest absolute Gasteiger partial charge is 0.449 e. The first-order valence-electron chi connectivity index (χ1n) is 5.30. The number of hydrogen-bond acceptors (Lipinski definition) is 2. The maximum Gasteiger partial charge on any atom is 0.246 e. The van der Waals surface area contributed by atoms with Crippen LogP contribution >= 0.6 is 0 Å². The van der Waals surface area contributed by atoms with Crippen molar-refractivity contribution in [2.75, 3.05) is 0 Å².